The molecular weight excluding hydrogens is 264 g/mol. The van der Waals surface area contributed by atoms with Gasteiger partial charge in [0.05, 0.1) is 18.2 Å². The fourth-order valence-corrected chi connectivity index (χ4v) is 1.86. The van der Waals surface area contributed by atoms with E-state index in [1.54, 1.807) is 6.07 Å². The molecule has 5 heteroatoms. The van der Waals surface area contributed by atoms with Crippen molar-refractivity contribution in [2.24, 2.45) is 0 Å². The summed E-state index contributed by atoms with van der Waals surface area (Å²) in [5.74, 6) is 1.29. The molecular formula is C16H18N4O. The first-order chi connectivity index (χ1) is 10.2. The number of nitriles is 1. The molecule has 0 aliphatic heterocycles. The van der Waals surface area contributed by atoms with E-state index in [-0.39, 0.29) is 6.04 Å². The topological polar surface area (TPSA) is 70.8 Å². The summed E-state index contributed by atoms with van der Waals surface area (Å²) >= 11 is 0. The summed E-state index contributed by atoms with van der Waals surface area (Å²) in [5.41, 5.74) is 1.74. The van der Waals surface area contributed by atoms with E-state index in [9.17, 15) is 0 Å². The number of benzene rings is 1. The van der Waals surface area contributed by atoms with Crippen molar-refractivity contribution in [1.82, 2.24) is 9.97 Å². The SMILES string of the molecule is CCCOc1cc(NC(C)c2ccc(C#N)cc2)ncn1. The second kappa shape index (κ2) is 7.25. The second-order valence-corrected chi connectivity index (χ2v) is 4.69. The monoisotopic (exact) mass is 282 g/mol. The van der Waals surface area contributed by atoms with E-state index in [1.165, 1.54) is 6.33 Å². The molecule has 0 fully saturated rings. The van der Waals surface area contributed by atoms with Crippen LogP contribution in [-0.4, -0.2) is 16.6 Å². The van der Waals surface area contributed by atoms with Gasteiger partial charge in [-0.05, 0) is 31.0 Å². The van der Waals surface area contributed by atoms with E-state index in [2.05, 4.69) is 21.4 Å². The van der Waals surface area contributed by atoms with Crippen LogP contribution in [0.3, 0.4) is 0 Å². The number of rotatable bonds is 6. The molecule has 0 aliphatic carbocycles. The molecule has 1 unspecified atom stereocenters. The molecule has 2 aromatic rings. The Kier molecular flexibility index (Phi) is 5.10. The van der Waals surface area contributed by atoms with Gasteiger partial charge in [-0.15, -0.1) is 0 Å². The molecule has 2 rings (SSSR count). The van der Waals surface area contributed by atoms with Gasteiger partial charge in [-0.1, -0.05) is 19.1 Å². The summed E-state index contributed by atoms with van der Waals surface area (Å²) in [7, 11) is 0. The average Bonchev–Trinajstić information content (AvgIpc) is 2.53. The lowest BCUT2D eigenvalue weighted by Gasteiger charge is -2.15. The first kappa shape index (κ1) is 14.8. The molecule has 1 heterocycles. The number of nitrogens with one attached hydrogen (secondary N) is 1. The van der Waals surface area contributed by atoms with Gasteiger partial charge in [0.15, 0.2) is 0 Å². The van der Waals surface area contributed by atoms with Crippen LogP contribution in [0.1, 0.15) is 37.4 Å². The third-order valence-corrected chi connectivity index (χ3v) is 3.00. The second-order valence-electron chi connectivity index (χ2n) is 4.69. The van der Waals surface area contributed by atoms with Crippen LogP contribution >= 0.6 is 0 Å². The van der Waals surface area contributed by atoms with Crippen molar-refractivity contribution in [3.8, 4) is 11.9 Å². The van der Waals surface area contributed by atoms with Crippen molar-refractivity contribution in [1.29, 1.82) is 5.26 Å². The molecule has 1 aromatic heterocycles. The number of aromatic nitrogens is 2. The number of nitrogens with zero attached hydrogens (tertiary/aromatic N) is 3. The maximum Gasteiger partial charge on any atom is 0.218 e. The number of hydrogen-bond acceptors (Lipinski definition) is 5. The van der Waals surface area contributed by atoms with Crippen molar-refractivity contribution in [2.45, 2.75) is 26.3 Å². The summed E-state index contributed by atoms with van der Waals surface area (Å²) in [6.45, 7) is 4.73. The first-order valence-corrected chi connectivity index (χ1v) is 6.94. The largest absolute Gasteiger partial charge is 0.478 e. The smallest absolute Gasteiger partial charge is 0.218 e. The normalized spacial score (nSPS) is 11.5. The van der Waals surface area contributed by atoms with Crippen LogP contribution in [0.15, 0.2) is 36.7 Å². The van der Waals surface area contributed by atoms with Crippen molar-refractivity contribution in [2.75, 3.05) is 11.9 Å². The number of ether oxygens (including phenoxy) is 1. The van der Waals surface area contributed by atoms with Gasteiger partial charge in [-0.2, -0.15) is 5.26 Å². The Bertz CT molecular complexity index is 619. The molecule has 5 nitrogen and oxygen atoms in total. The van der Waals surface area contributed by atoms with E-state index >= 15 is 0 Å². The maximum absolute atomic E-state index is 8.81. The fraction of sp³-hybridized carbons (Fsp3) is 0.312. The Morgan fingerprint density at radius 2 is 2.05 bits per heavy atom. The van der Waals surface area contributed by atoms with Gasteiger partial charge in [0.2, 0.25) is 5.88 Å². The van der Waals surface area contributed by atoms with Crippen LogP contribution in [0.4, 0.5) is 5.82 Å². The predicted octanol–water partition coefficient (Wildman–Crippen LogP) is 3.31. The molecule has 1 aromatic carbocycles. The minimum absolute atomic E-state index is 0.0756. The Balaban J connectivity index is 2.04. The summed E-state index contributed by atoms with van der Waals surface area (Å²) in [6.07, 6.45) is 2.42. The van der Waals surface area contributed by atoms with Gasteiger partial charge >= 0.3 is 0 Å². The van der Waals surface area contributed by atoms with Crippen molar-refractivity contribution in [3.63, 3.8) is 0 Å². The molecule has 0 saturated carbocycles. The third-order valence-electron chi connectivity index (χ3n) is 3.00. The van der Waals surface area contributed by atoms with Gasteiger partial charge in [0, 0.05) is 12.1 Å². The summed E-state index contributed by atoms with van der Waals surface area (Å²) in [5, 5.41) is 12.1. The first-order valence-electron chi connectivity index (χ1n) is 6.94. The van der Waals surface area contributed by atoms with Gasteiger partial charge in [0.25, 0.3) is 0 Å². The fourth-order valence-electron chi connectivity index (χ4n) is 1.86. The van der Waals surface area contributed by atoms with Crippen LogP contribution in [-0.2, 0) is 0 Å². The standard InChI is InChI=1S/C16H18N4O/c1-3-8-21-16-9-15(18-11-19-16)20-12(2)14-6-4-13(10-17)5-7-14/h4-7,9,11-12H,3,8H2,1-2H3,(H,18,19,20). The van der Waals surface area contributed by atoms with Gasteiger partial charge < -0.3 is 10.1 Å². The highest BCUT2D eigenvalue weighted by atomic mass is 16.5. The van der Waals surface area contributed by atoms with Crippen LogP contribution < -0.4 is 10.1 Å². The Hall–Kier alpha value is -2.61. The molecule has 108 valence electrons. The highest BCUT2D eigenvalue weighted by Crippen LogP contribution is 2.20. The number of anilines is 1. The van der Waals surface area contributed by atoms with Crippen molar-refractivity contribution >= 4 is 5.82 Å². The summed E-state index contributed by atoms with van der Waals surface area (Å²) < 4.78 is 5.49. The summed E-state index contributed by atoms with van der Waals surface area (Å²) in [4.78, 5) is 8.26. The molecule has 0 aliphatic rings. The Labute approximate surface area is 124 Å². The van der Waals surface area contributed by atoms with Gasteiger partial charge in [0.1, 0.15) is 12.1 Å². The van der Waals surface area contributed by atoms with E-state index in [4.69, 9.17) is 10.00 Å². The maximum atomic E-state index is 8.81. The highest BCUT2D eigenvalue weighted by molar-refractivity contribution is 5.41. The molecule has 0 bridgehead atoms. The molecule has 0 radical (unpaired) electrons. The predicted molar refractivity (Wildman–Crippen MR) is 81.0 cm³/mol. The molecule has 0 amide bonds. The lowest BCUT2D eigenvalue weighted by molar-refractivity contribution is 0.305. The van der Waals surface area contributed by atoms with Gasteiger partial charge in [-0.3, -0.25) is 0 Å². The number of hydrogen-bond donors (Lipinski definition) is 1. The third kappa shape index (κ3) is 4.18. The zero-order valence-electron chi connectivity index (χ0n) is 12.2. The van der Waals surface area contributed by atoms with E-state index in [0.29, 0.717) is 23.9 Å². The van der Waals surface area contributed by atoms with Crippen LogP contribution in [0.5, 0.6) is 5.88 Å². The molecule has 21 heavy (non-hydrogen) atoms. The lowest BCUT2D eigenvalue weighted by Crippen LogP contribution is -2.08. The molecule has 1 atom stereocenters. The zero-order chi connectivity index (χ0) is 15.1. The average molecular weight is 282 g/mol. The van der Waals surface area contributed by atoms with Crippen LogP contribution in [0.2, 0.25) is 0 Å². The quantitative estimate of drug-likeness (QED) is 0.880. The molecule has 1 N–H and O–H groups in total. The Morgan fingerprint density at radius 3 is 2.71 bits per heavy atom. The van der Waals surface area contributed by atoms with Gasteiger partial charge in [-0.25, -0.2) is 9.97 Å². The Morgan fingerprint density at radius 1 is 1.29 bits per heavy atom. The van der Waals surface area contributed by atoms with E-state index in [1.807, 2.05) is 38.1 Å². The van der Waals surface area contributed by atoms with Crippen molar-refractivity contribution < 1.29 is 4.74 Å². The molecule has 0 saturated heterocycles. The van der Waals surface area contributed by atoms with Crippen LogP contribution in [0.25, 0.3) is 0 Å². The molecule has 0 spiro atoms. The van der Waals surface area contributed by atoms with E-state index in [0.717, 1.165) is 12.0 Å². The van der Waals surface area contributed by atoms with Crippen LogP contribution in [0, 0.1) is 11.3 Å². The highest BCUT2D eigenvalue weighted by Gasteiger charge is 2.07. The minimum atomic E-state index is 0.0756. The van der Waals surface area contributed by atoms with Crippen molar-refractivity contribution in [3.05, 3.63) is 47.8 Å². The lowest BCUT2D eigenvalue weighted by atomic mass is 10.1. The minimum Gasteiger partial charge on any atom is -0.478 e. The van der Waals surface area contributed by atoms with E-state index < -0.39 is 0 Å². The summed E-state index contributed by atoms with van der Waals surface area (Å²) in [6, 6.07) is 11.5. The zero-order valence-corrected chi connectivity index (χ0v) is 12.2.